The van der Waals surface area contributed by atoms with Crippen LogP contribution in [0.25, 0.3) is 6.08 Å². The van der Waals surface area contributed by atoms with Crippen molar-refractivity contribution in [3.05, 3.63) is 35.9 Å². The highest BCUT2D eigenvalue weighted by atomic mass is 16.5. The molecule has 0 heterocycles. The Bertz CT molecular complexity index is 353. The van der Waals surface area contributed by atoms with E-state index in [0.717, 1.165) is 17.7 Å². The summed E-state index contributed by atoms with van der Waals surface area (Å²) in [4.78, 5) is 11.3. The molecule has 0 bridgehead atoms. The van der Waals surface area contributed by atoms with Crippen LogP contribution in [-0.4, -0.2) is 12.9 Å². The summed E-state index contributed by atoms with van der Waals surface area (Å²) in [5.41, 5.74) is 0.935. The molecule has 2 nitrogen and oxygen atoms in total. The third-order valence-corrected chi connectivity index (χ3v) is 2.08. The molecule has 0 spiro atoms. The Morgan fingerprint density at radius 1 is 1.40 bits per heavy atom. The monoisotopic (exact) mass is 204 g/mol. The van der Waals surface area contributed by atoms with E-state index >= 15 is 0 Å². The maximum atomic E-state index is 11.3. The van der Waals surface area contributed by atoms with Gasteiger partial charge in [0, 0.05) is 12.0 Å². The predicted octanol–water partition coefficient (Wildman–Crippen LogP) is 3.08. The minimum Gasteiger partial charge on any atom is -0.496 e. The lowest BCUT2D eigenvalue weighted by Crippen LogP contribution is -1.91. The van der Waals surface area contributed by atoms with Gasteiger partial charge in [0.1, 0.15) is 5.75 Å². The largest absolute Gasteiger partial charge is 0.496 e. The molecule has 0 aromatic heterocycles. The highest BCUT2D eigenvalue weighted by Gasteiger charge is 1.98. The van der Waals surface area contributed by atoms with E-state index in [0.29, 0.717) is 6.42 Å². The average molecular weight is 204 g/mol. The maximum absolute atomic E-state index is 11.3. The number of hydrogen-bond donors (Lipinski definition) is 0. The molecule has 0 radical (unpaired) electrons. The fourth-order valence-corrected chi connectivity index (χ4v) is 1.32. The maximum Gasteiger partial charge on any atom is 0.155 e. The van der Waals surface area contributed by atoms with E-state index in [1.165, 1.54) is 0 Å². The number of para-hydroxylation sites is 1. The SMILES string of the molecule is CCCC(=O)/C=C/c1ccccc1OC. The van der Waals surface area contributed by atoms with Gasteiger partial charge in [0.2, 0.25) is 0 Å². The van der Waals surface area contributed by atoms with Gasteiger partial charge < -0.3 is 4.74 Å². The van der Waals surface area contributed by atoms with Crippen LogP contribution in [0.15, 0.2) is 30.3 Å². The second-order valence-corrected chi connectivity index (χ2v) is 3.29. The summed E-state index contributed by atoms with van der Waals surface area (Å²) >= 11 is 0. The second-order valence-electron chi connectivity index (χ2n) is 3.29. The molecule has 0 aliphatic carbocycles. The van der Waals surface area contributed by atoms with Gasteiger partial charge in [-0.15, -0.1) is 0 Å². The Morgan fingerprint density at radius 3 is 2.80 bits per heavy atom. The summed E-state index contributed by atoms with van der Waals surface area (Å²) in [6.07, 6.45) is 4.90. The Hall–Kier alpha value is -1.57. The van der Waals surface area contributed by atoms with Crippen molar-refractivity contribution in [3.8, 4) is 5.75 Å². The predicted molar refractivity (Wildman–Crippen MR) is 61.9 cm³/mol. The average Bonchev–Trinajstić information content (AvgIpc) is 2.27. The molecule has 1 aromatic rings. The third-order valence-electron chi connectivity index (χ3n) is 2.08. The molecule has 0 amide bonds. The molecule has 0 unspecified atom stereocenters. The normalized spacial score (nSPS) is 10.5. The van der Waals surface area contributed by atoms with E-state index < -0.39 is 0 Å². The first kappa shape index (κ1) is 11.5. The van der Waals surface area contributed by atoms with Gasteiger partial charge in [-0.25, -0.2) is 0 Å². The van der Waals surface area contributed by atoms with Crippen molar-refractivity contribution in [3.63, 3.8) is 0 Å². The van der Waals surface area contributed by atoms with Crippen molar-refractivity contribution >= 4 is 11.9 Å². The van der Waals surface area contributed by atoms with Crippen LogP contribution in [0.1, 0.15) is 25.3 Å². The number of carbonyl (C=O) groups excluding carboxylic acids is 1. The first-order valence-electron chi connectivity index (χ1n) is 5.12. The van der Waals surface area contributed by atoms with Crippen molar-refractivity contribution in [1.82, 2.24) is 0 Å². The first-order valence-corrected chi connectivity index (χ1v) is 5.12. The van der Waals surface area contributed by atoms with Crippen LogP contribution in [0, 0.1) is 0 Å². The fraction of sp³-hybridized carbons (Fsp3) is 0.308. The Morgan fingerprint density at radius 2 is 2.13 bits per heavy atom. The van der Waals surface area contributed by atoms with Crippen LogP contribution < -0.4 is 4.74 Å². The Balaban J connectivity index is 2.75. The number of carbonyl (C=O) groups is 1. The number of rotatable bonds is 5. The third kappa shape index (κ3) is 3.58. The first-order chi connectivity index (χ1) is 7.27. The van der Waals surface area contributed by atoms with Crippen LogP contribution in [-0.2, 0) is 4.79 Å². The van der Waals surface area contributed by atoms with Gasteiger partial charge in [-0.1, -0.05) is 25.1 Å². The lowest BCUT2D eigenvalue weighted by molar-refractivity contribution is -0.114. The van der Waals surface area contributed by atoms with Gasteiger partial charge in [0.05, 0.1) is 7.11 Å². The molecule has 2 heteroatoms. The summed E-state index contributed by atoms with van der Waals surface area (Å²) in [6.45, 7) is 1.99. The molecule has 0 atom stereocenters. The molecule has 0 saturated carbocycles. The van der Waals surface area contributed by atoms with Crippen LogP contribution in [0.5, 0.6) is 5.75 Å². The standard InChI is InChI=1S/C13H16O2/c1-3-6-12(14)10-9-11-7-4-5-8-13(11)15-2/h4-5,7-10H,3,6H2,1-2H3/b10-9+. The van der Waals surface area contributed by atoms with Gasteiger partial charge in [-0.2, -0.15) is 0 Å². The number of benzene rings is 1. The smallest absolute Gasteiger partial charge is 0.155 e. The Labute approximate surface area is 90.6 Å². The number of allylic oxidation sites excluding steroid dienone is 1. The molecule has 1 rings (SSSR count). The molecule has 0 fully saturated rings. The summed E-state index contributed by atoms with van der Waals surface area (Å²) in [5, 5.41) is 0. The van der Waals surface area contributed by atoms with E-state index in [4.69, 9.17) is 4.74 Å². The fourth-order valence-electron chi connectivity index (χ4n) is 1.32. The van der Waals surface area contributed by atoms with Gasteiger partial charge in [0.15, 0.2) is 5.78 Å². The Kier molecular flexibility index (Phi) is 4.61. The topological polar surface area (TPSA) is 26.3 Å². The van der Waals surface area contributed by atoms with E-state index in [1.54, 1.807) is 19.3 Å². The summed E-state index contributed by atoms with van der Waals surface area (Å²) in [5.74, 6) is 0.946. The van der Waals surface area contributed by atoms with Gasteiger partial charge in [-0.3, -0.25) is 4.79 Å². The van der Waals surface area contributed by atoms with Crippen LogP contribution in [0.4, 0.5) is 0 Å². The molecule has 0 N–H and O–H groups in total. The quantitative estimate of drug-likeness (QED) is 0.689. The highest BCUT2D eigenvalue weighted by molar-refractivity contribution is 5.93. The second kappa shape index (κ2) is 6.02. The van der Waals surface area contributed by atoms with Gasteiger partial charge in [0.25, 0.3) is 0 Å². The van der Waals surface area contributed by atoms with E-state index in [-0.39, 0.29) is 5.78 Å². The number of ether oxygens (including phenoxy) is 1. The van der Waals surface area contributed by atoms with Crippen molar-refractivity contribution in [2.45, 2.75) is 19.8 Å². The summed E-state index contributed by atoms with van der Waals surface area (Å²) < 4.78 is 5.18. The van der Waals surface area contributed by atoms with Crippen molar-refractivity contribution in [2.24, 2.45) is 0 Å². The molecule has 80 valence electrons. The molecule has 1 aromatic carbocycles. The zero-order valence-corrected chi connectivity index (χ0v) is 9.19. The van der Waals surface area contributed by atoms with Crippen molar-refractivity contribution in [2.75, 3.05) is 7.11 Å². The number of hydrogen-bond acceptors (Lipinski definition) is 2. The number of methoxy groups -OCH3 is 1. The molecule has 15 heavy (non-hydrogen) atoms. The highest BCUT2D eigenvalue weighted by Crippen LogP contribution is 2.18. The van der Waals surface area contributed by atoms with Gasteiger partial charge in [-0.05, 0) is 24.6 Å². The lowest BCUT2D eigenvalue weighted by Gasteiger charge is -2.02. The summed E-state index contributed by atoms with van der Waals surface area (Å²) in [6, 6.07) is 7.63. The number of ketones is 1. The van der Waals surface area contributed by atoms with Crippen LogP contribution in [0.2, 0.25) is 0 Å². The molecule has 0 aliphatic rings. The minimum absolute atomic E-state index is 0.156. The minimum atomic E-state index is 0.156. The summed E-state index contributed by atoms with van der Waals surface area (Å²) in [7, 11) is 1.63. The van der Waals surface area contributed by atoms with Crippen LogP contribution in [0.3, 0.4) is 0 Å². The van der Waals surface area contributed by atoms with Crippen molar-refractivity contribution in [1.29, 1.82) is 0 Å². The zero-order valence-electron chi connectivity index (χ0n) is 9.19. The van der Waals surface area contributed by atoms with Gasteiger partial charge >= 0.3 is 0 Å². The van der Waals surface area contributed by atoms with Crippen LogP contribution >= 0.6 is 0 Å². The molecular weight excluding hydrogens is 188 g/mol. The van der Waals surface area contributed by atoms with Crippen molar-refractivity contribution < 1.29 is 9.53 Å². The van der Waals surface area contributed by atoms with E-state index in [9.17, 15) is 4.79 Å². The van der Waals surface area contributed by atoms with E-state index in [1.807, 2.05) is 31.2 Å². The molecule has 0 aliphatic heterocycles. The molecular formula is C13H16O2. The zero-order chi connectivity index (χ0) is 11.1. The van der Waals surface area contributed by atoms with E-state index in [2.05, 4.69) is 0 Å². The molecule has 0 saturated heterocycles. The lowest BCUT2D eigenvalue weighted by atomic mass is 10.1.